The maximum Gasteiger partial charge on any atom is 0.319 e. The van der Waals surface area contributed by atoms with Crippen molar-refractivity contribution >= 4 is 11.7 Å². The number of benzene rings is 1. The summed E-state index contributed by atoms with van der Waals surface area (Å²) >= 11 is 0. The van der Waals surface area contributed by atoms with E-state index >= 15 is 0 Å². The van der Waals surface area contributed by atoms with Gasteiger partial charge in [0.2, 0.25) is 0 Å². The van der Waals surface area contributed by atoms with Crippen molar-refractivity contribution in [2.75, 3.05) is 25.0 Å². The van der Waals surface area contributed by atoms with Crippen LogP contribution in [0.2, 0.25) is 0 Å². The van der Waals surface area contributed by atoms with Gasteiger partial charge in [0.05, 0.1) is 0 Å². The fraction of sp³-hybridized carbons (Fsp3) is 0.588. The van der Waals surface area contributed by atoms with Gasteiger partial charge < -0.3 is 15.5 Å². The normalized spacial score (nSPS) is 17.0. The van der Waals surface area contributed by atoms with Crippen LogP contribution in [0.4, 0.5) is 10.5 Å². The molecule has 116 valence electrons. The number of carbonyl (C=O) groups excluding carboxylic acids is 1. The van der Waals surface area contributed by atoms with Crippen LogP contribution in [0.5, 0.6) is 0 Å². The molecule has 0 atom stereocenters. The van der Waals surface area contributed by atoms with Crippen molar-refractivity contribution in [2.45, 2.75) is 39.7 Å². The number of hydrogen-bond acceptors (Lipinski definition) is 2. The van der Waals surface area contributed by atoms with Crippen LogP contribution in [0, 0.1) is 12.8 Å². The van der Waals surface area contributed by atoms with Crippen LogP contribution in [0.25, 0.3) is 0 Å². The van der Waals surface area contributed by atoms with Gasteiger partial charge >= 0.3 is 6.03 Å². The predicted molar refractivity (Wildman–Crippen MR) is 87.6 cm³/mol. The minimum Gasteiger partial charge on any atom is -0.335 e. The van der Waals surface area contributed by atoms with E-state index in [1.807, 2.05) is 31.2 Å². The lowest BCUT2D eigenvalue weighted by molar-refractivity contribution is 0.180. The number of hydrogen-bond donors (Lipinski definition) is 2. The van der Waals surface area contributed by atoms with Gasteiger partial charge in [0.25, 0.3) is 0 Å². The number of likely N-dealkylation sites (tertiary alicyclic amines) is 1. The molecule has 21 heavy (non-hydrogen) atoms. The van der Waals surface area contributed by atoms with E-state index in [0.717, 1.165) is 43.7 Å². The molecular formula is C17H27N3O. The van der Waals surface area contributed by atoms with Crippen molar-refractivity contribution in [1.82, 2.24) is 10.2 Å². The lowest BCUT2D eigenvalue weighted by atomic mass is 10.0. The largest absolute Gasteiger partial charge is 0.335 e. The molecule has 1 heterocycles. The number of urea groups is 1. The second kappa shape index (κ2) is 7.46. The third kappa shape index (κ3) is 5.38. The summed E-state index contributed by atoms with van der Waals surface area (Å²) in [7, 11) is 0. The van der Waals surface area contributed by atoms with Crippen LogP contribution in [0.1, 0.15) is 32.3 Å². The molecule has 4 nitrogen and oxygen atoms in total. The van der Waals surface area contributed by atoms with Gasteiger partial charge in [0.15, 0.2) is 0 Å². The molecular weight excluding hydrogens is 262 g/mol. The summed E-state index contributed by atoms with van der Waals surface area (Å²) in [4.78, 5) is 14.5. The van der Waals surface area contributed by atoms with Gasteiger partial charge in [0.1, 0.15) is 0 Å². The first-order valence-electron chi connectivity index (χ1n) is 7.89. The Kier molecular flexibility index (Phi) is 5.62. The highest BCUT2D eigenvalue weighted by Crippen LogP contribution is 2.13. The second-order valence-electron chi connectivity index (χ2n) is 6.44. The van der Waals surface area contributed by atoms with E-state index in [9.17, 15) is 4.79 Å². The fourth-order valence-electron chi connectivity index (χ4n) is 2.85. The molecule has 0 spiro atoms. The third-order valence-corrected chi connectivity index (χ3v) is 3.82. The van der Waals surface area contributed by atoms with Crippen molar-refractivity contribution in [2.24, 2.45) is 5.92 Å². The molecule has 2 rings (SSSR count). The van der Waals surface area contributed by atoms with Crippen molar-refractivity contribution in [3.63, 3.8) is 0 Å². The molecule has 0 radical (unpaired) electrons. The monoisotopic (exact) mass is 289 g/mol. The van der Waals surface area contributed by atoms with Gasteiger partial charge in [-0.3, -0.25) is 0 Å². The fourth-order valence-corrected chi connectivity index (χ4v) is 2.85. The summed E-state index contributed by atoms with van der Waals surface area (Å²) in [6, 6.07) is 8.06. The Labute approximate surface area is 127 Å². The topological polar surface area (TPSA) is 44.4 Å². The molecule has 0 saturated carbocycles. The minimum atomic E-state index is -0.0945. The maximum atomic E-state index is 12.0. The first kappa shape index (κ1) is 15.8. The molecule has 1 aromatic rings. The Morgan fingerprint density at radius 3 is 2.67 bits per heavy atom. The molecule has 1 fully saturated rings. The average molecular weight is 289 g/mol. The molecule has 0 aliphatic carbocycles. The first-order valence-corrected chi connectivity index (χ1v) is 7.89. The van der Waals surface area contributed by atoms with Crippen LogP contribution in [0.3, 0.4) is 0 Å². The first-order chi connectivity index (χ1) is 10.0. The highest BCUT2D eigenvalue weighted by molar-refractivity contribution is 5.89. The molecule has 2 amide bonds. The zero-order valence-corrected chi connectivity index (χ0v) is 13.4. The Bertz CT molecular complexity index is 465. The highest BCUT2D eigenvalue weighted by Gasteiger charge is 2.20. The van der Waals surface area contributed by atoms with Gasteiger partial charge in [0, 0.05) is 31.4 Å². The smallest absolute Gasteiger partial charge is 0.319 e. The van der Waals surface area contributed by atoms with E-state index in [-0.39, 0.29) is 6.03 Å². The Hall–Kier alpha value is -1.55. The lowest BCUT2D eigenvalue weighted by Crippen LogP contribution is -2.46. The number of piperidine rings is 1. The number of rotatable bonds is 4. The number of aryl methyl sites for hydroxylation is 1. The SMILES string of the molecule is Cc1cccc(NC(=O)NC2CCN(CC(C)C)CC2)c1. The highest BCUT2D eigenvalue weighted by atomic mass is 16.2. The quantitative estimate of drug-likeness (QED) is 0.893. The van der Waals surface area contributed by atoms with E-state index < -0.39 is 0 Å². The number of carbonyl (C=O) groups is 1. The molecule has 1 aromatic carbocycles. The molecule has 2 N–H and O–H groups in total. The van der Waals surface area contributed by atoms with E-state index in [0.29, 0.717) is 12.0 Å². The van der Waals surface area contributed by atoms with Crippen LogP contribution in [0.15, 0.2) is 24.3 Å². The molecule has 1 aliphatic rings. The summed E-state index contributed by atoms with van der Waals surface area (Å²) in [5.41, 5.74) is 2.00. The predicted octanol–water partition coefficient (Wildman–Crippen LogP) is 3.24. The summed E-state index contributed by atoms with van der Waals surface area (Å²) in [5, 5.41) is 5.99. The third-order valence-electron chi connectivity index (χ3n) is 3.82. The number of nitrogens with one attached hydrogen (secondary N) is 2. The average Bonchev–Trinajstić information content (AvgIpc) is 2.40. The van der Waals surface area contributed by atoms with Crippen LogP contribution < -0.4 is 10.6 Å². The second-order valence-corrected chi connectivity index (χ2v) is 6.44. The maximum absolute atomic E-state index is 12.0. The number of amides is 2. The van der Waals surface area contributed by atoms with Crippen molar-refractivity contribution < 1.29 is 4.79 Å². The minimum absolute atomic E-state index is 0.0945. The molecule has 0 bridgehead atoms. The van der Waals surface area contributed by atoms with Crippen molar-refractivity contribution in [1.29, 1.82) is 0 Å². The summed E-state index contributed by atoms with van der Waals surface area (Å²) in [5.74, 6) is 0.708. The Morgan fingerprint density at radius 1 is 1.33 bits per heavy atom. The van der Waals surface area contributed by atoms with Gasteiger partial charge in [-0.1, -0.05) is 26.0 Å². The molecule has 1 saturated heterocycles. The Balaban J connectivity index is 1.74. The van der Waals surface area contributed by atoms with Gasteiger partial charge in [-0.2, -0.15) is 0 Å². The molecule has 1 aliphatic heterocycles. The summed E-state index contributed by atoms with van der Waals surface area (Å²) < 4.78 is 0. The number of nitrogens with zero attached hydrogens (tertiary/aromatic N) is 1. The van der Waals surface area contributed by atoms with Crippen molar-refractivity contribution in [3.05, 3.63) is 29.8 Å². The van der Waals surface area contributed by atoms with Crippen LogP contribution in [-0.2, 0) is 0 Å². The van der Waals surface area contributed by atoms with Gasteiger partial charge in [-0.25, -0.2) is 4.79 Å². The van der Waals surface area contributed by atoms with Gasteiger partial charge in [-0.15, -0.1) is 0 Å². The Morgan fingerprint density at radius 2 is 2.05 bits per heavy atom. The zero-order valence-electron chi connectivity index (χ0n) is 13.4. The van der Waals surface area contributed by atoms with Crippen LogP contribution in [-0.4, -0.2) is 36.6 Å². The number of anilines is 1. The summed E-state index contributed by atoms with van der Waals surface area (Å²) in [6.07, 6.45) is 2.07. The lowest BCUT2D eigenvalue weighted by Gasteiger charge is -2.33. The van der Waals surface area contributed by atoms with E-state index in [1.54, 1.807) is 0 Å². The van der Waals surface area contributed by atoms with Crippen LogP contribution >= 0.6 is 0 Å². The van der Waals surface area contributed by atoms with E-state index in [1.165, 1.54) is 0 Å². The molecule has 0 unspecified atom stereocenters. The molecule has 4 heteroatoms. The van der Waals surface area contributed by atoms with Gasteiger partial charge in [-0.05, 0) is 43.4 Å². The molecule has 0 aromatic heterocycles. The summed E-state index contributed by atoms with van der Waals surface area (Å²) in [6.45, 7) is 9.83. The van der Waals surface area contributed by atoms with Crippen molar-refractivity contribution in [3.8, 4) is 0 Å². The van der Waals surface area contributed by atoms with E-state index in [2.05, 4.69) is 29.4 Å². The standard InChI is InChI=1S/C17H27N3O/c1-13(2)12-20-9-7-15(8-10-20)18-17(21)19-16-6-4-5-14(3)11-16/h4-6,11,13,15H,7-10,12H2,1-3H3,(H2,18,19,21). The van der Waals surface area contributed by atoms with E-state index in [4.69, 9.17) is 0 Å². The zero-order chi connectivity index (χ0) is 15.2.